The fourth-order valence-electron chi connectivity index (χ4n) is 8.41. The number of hydrogen-bond acceptors (Lipinski definition) is 10. The van der Waals surface area contributed by atoms with Gasteiger partial charge in [0.2, 0.25) is 29.5 Å². The Morgan fingerprint density at radius 1 is 0.699 bits per heavy atom. The van der Waals surface area contributed by atoms with Crippen LogP contribution in [-0.2, 0) is 50.1 Å². The number of fused-ring (bicyclic) bond motifs is 2. The van der Waals surface area contributed by atoms with E-state index in [1.165, 1.54) is 66.2 Å². The molecule has 442 valence electrons. The smallest absolute Gasteiger partial charge is 0.412 e. The number of carbonyl (C=O) groups excluding carboxylic acids is 8. The normalized spacial score (nSPS) is 12.7. The Hall–Kier alpha value is -8.17. The molecule has 6 aromatic rings. The summed E-state index contributed by atoms with van der Waals surface area (Å²) in [6, 6.07) is 18.4. The molecule has 20 nitrogen and oxygen atoms in total. The van der Waals surface area contributed by atoms with Crippen molar-refractivity contribution in [2.75, 3.05) is 18.4 Å². The Morgan fingerprint density at radius 3 is 1.52 bits per heavy atom. The molecule has 0 spiro atoms. The van der Waals surface area contributed by atoms with Crippen LogP contribution in [0, 0.1) is 11.6 Å². The third kappa shape index (κ3) is 18.9. The van der Waals surface area contributed by atoms with Crippen molar-refractivity contribution < 1.29 is 57.0 Å². The first kappa shape index (κ1) is 65.6. The van der Waals surface area contributed by atoms with E-state index in [1.54, 1.807) is 93.3 Å². The molecule has 2 aliphatic carbocycles. The summed E-state index contributed by atoms with van der Waals surface area (Å²) in [6.07, 6.45) is 5.60. The summed E-state index contributed by atoms with van der Waals surface area (Å²) in [5, 5.41) is 20.5. The molecule has 0 radical (unpaired) electrons. The third-order valence-electron chi connectivity index (χ3n) is 12.4. The maximum absolute atomic E-state index is 14.2. The second kappa shape index (κ2) is 28.2. The lowest BCUT2D eigenvalue weighted by Gasteiger charge is -2.22. The maximum atomic E-state index is 14.2. The Kier molecular flexibility index (Phi) is 22.3. The van der Waals surface area contributed by atoms with Crippen LogP contribution in [0.3, 0.4) is 0 Å². The van der Waals surface area contributed by atoms with Crippen molar-refractivity contribution >= 4 is 97.9 Å². The van der Waals surface area contributed by atoms with Crippen LogP contribution in [0.25, 0.3) is 32.2 Å². The second-order valence-corrected chi connectivity index (χ2v) is 22.5. The maximum Gasteiger partial charge on any atom is 0.412 e. The average Bonchev–Trinajstić information content (AvgIpc) is 4.36. The Bertz CT molecular complexity index is 3500. The van der Waals surface area contributed by atoms with E-state index >= 15 is 0 Å². The molecule has 6 amide bonds. The van der Waals surface area contributed by atoms with Gasteiger partial charge in [-0.25, -0.2) is 13.6 Å². The minimum atomic E-state index is -0.786. The average molecular weight is 1190 g/mol. The van der Waals surface area contributed by atoms with E-state index in [9.17, 15) is 47.1 Å². The minimum absolute atomic E-state index is 0. The number of aliphatic hydroxyl groups is 1. The molecule has 2 fully saturated rings. The highest BCUT2D eigenvalue weighted by Gasteiger charge is 2.36. The fraction of sp³-hybridized carbons (Fsp3) is 0.390. The van der Waals surface area contributed by atoms with Crippen molar-refractivity contribution in [2.24, 2.45) is 5.11 Å². The van der Waals surface area contributed by atoms with Gasteiger partial charge in [0, 0.05) is 97.8 Å². The second-order valence-electron chi connectivity index (χ2n) is 21.7. The monoisotopic (exact) mass is 1180 g/mol. The van der Waals surface area contributed by atoms with Gasteiger partial charge in [-0.05, 0) is 140 Å². The van der Waals surface area contributed by atoms with E-state index in [2.05, 4.69) is 26.0 Å². The van der Waals surface area contributed by atoms with Gasteiger partial charge in [-0.2, -0.15) is 0 Å². The van der Waals surface area contributed by atoms with Crippen molar-refractivity contribution in [2.45, 2.75) is 138 Å². The Morgan fingerprint density at radius 2 is 1.12 bits per heavy atom. The number of rotatable bonds is 18. The van der Waals surface area contributed by atoms with Crippen LogP contribution >= 0.6 is 23.2 Å². The molecule has 83 heavy (non-hydrogen) atoms. The third-order valence-corrected chi connectivity index (χ3v) is 13.0. The van der Waals surface area contributed by atoms with E-state index in [0.717, 1.165) is 25.7 Å². The fourth-order valence-corrected chi connectivity index (χ4v) is 8.80. The topological polar surface area (TPSA) is 267 Å². The number of nitrogens with one attached hydrogen (secondary N) is 3. The van der Waals surface area contributed by atoms with Crippen LogP contribution in [0.4, 0.5) is 19.3 Å². The predicted molar refractivity (Wildman–Crippen MR) is 312 cm³/mol. The summed E-state index contributed by atoms with van der Waals surface area (Å²) in [4.78, 5) is 106. The number of aromatic nitrogens is 2. The van der Waals surface area contributed by atoms with E-state index in [0.29, 0.717) is 38.6 Å². The van der Waals surface area contributed by atoms with Gasteiger partial charge in [0.05, 0.1) is 28.7 Å². The molecule has 2 saturated carbocycles. The van der Waals surface area contributed by atoms with Crippen LogP contribution in [0.5, 0.6) is 0 Å². The van der Waals surface area contributed by atoms with E-state index in [4.69, 9.17) is 38.6 Å². The van der Waals surface area contributed by atoms with Crippen LogP contribution in [-0.4, -0.2) is 108 Å². The number of ether oxygens (including phenoxy) is 1. The van der Waals surface area contributed by atoms with Gasteiger partial charge in [0.1, 0.15) is 30.3 Å². The van der Waals surface area contributed by atoms with Gasteiger partial charge >= 0.3 is 6.09 Å². The van der Waals surface area contributed by atoms with E-state index < -0.39 is 46.7 Å². The van der Waals surface area contributed by atoms with Crippen molar-refractivity contribution in [3.8, 4) is 0 Å². The first-order valence-electron chi connectivity index (χ1n) is 26.1. The molecule has 0 atom stereocenters. The quantitative estimate of drug-likeness (QED) is 0.0273. The number of ketones is 2. The lowest BCUT2D eigenvalue weighted by molar-refractivity contribution is -0.137. The van der Waals surface area contributed by atoms with Gasteiger partial charge < -0.3 is 39.4 Å². The zero-order chi connectivity index (χ0) is 60.4. The number of carbonyl (C=O) groups is 8. The number of azide groups is 1. The lowest BCUT2D eigenvalue weighted by Crippen LogP contribution is -2.43. The Labute approximate surface area is 489 Å². The first-order chi connectivity index (χ1) is 38.5. The molecule has 2 aliphatic rings. The Balaban J connectivity index is 0.000000279. The number of Topliss-reactive ketones (excluding diaryl/α,β-unsaturated/α-hetero) is 2. The molecular weight excluding hydrogens is 1120 g/mol. The molecule has 8 rings (SSSR count). The molecule has 4 aromatic carbocycles. The molecule has 0 aliphatic heterocycles. The van der Waals surface area contributed by atoms with Crippen LogP contribution < -0.4 is 16.0 Å². The largest absolute Gasteiger partial charge is 0.444 e. The van der Waals surface area contributed by atoms with Crippen molar-refractivity contribution in [3.63, 3.8) is 0 Å². The summed E-state index contributed by atoms with van der Waals surface area (Å²) in [5.74, 6) is -3.92. The molecular formula is C59H68Cl2F2N10O10. The summed E-state index contributed by atoms with van der Waals surface area (Å²) in [5.41, 5.74) is 10.3. The van der Waals surface area contributed by atoms with Gasteiger partial charge in [0.15, 0.2) is 11.6 Å². The van der Waals surface area contributed by atoms with Gasteiger partial charge in [0.25, 0.3) is 0 Å². The van der Waals surface area contributed by atoms with Crippen LogP contribution in [0.15, 0.2) is 90.3 Å². The zero-order valence-electron chi connectivity index (χ0n) is 46.6. The van der Waals surface area contributed by atoms with E-state index in [-0.39, 0.29) is 109 Å². The van der Waals surface area contributed by atoms with Gasteiger partial charge in [-0.15, -0.1) is 0 Å². The molecule has 2 aromatic heterocycles. The molecule has 4 N–H and O–H groups in total. The first-order valence-corrected chi connectivity index (χ1v) is 26.8. The SMILES string of the molecule is C.CC(=O)c1cn(CC(=O)N(CC(=O)NCc2cccc(Cl)c2F)C2CC2)c2ccc(C(=O)N=[N+]=[N-])cc12.CC(=O)c1cn(CC(=O)N(CC(=O)NCc2cccc(Cl)c2F)C2CC2)c2ccc(NC(=O)OC(C)(C)C)cc12.CC(C)(C)O. The lowest BCUT2D eigenvalue weighted by atomic mass is 10.1. The molecule has 0 unspecified atom stereocenters. The highest BCUT2D eigenvalue weighted by Crippen LogP contribution is 2.31. The summed E-state index contributed by atoms with van der Waals surface area (Å²) in [6.45, 7) is 12.6. The number of halogens is 4. The van der Waals surface area contributed by atoms with Crippen molar-refractivity contribution in [1.29, 1.82) is 0 Å². The molecule has 2 heterocycles. The van der Waals surface area contributed by atoms with Crippen molar-refractivity contribution in [3.05, 3.63) is 145 Å². The number of amides is 6. The standard InChI is InChI=1S/C29H32ClFN4O5.C25H22ClFN6O4.C4H10O.CH4/c1-17(36)22-14-34(24-11-8-19(12-21(22)24)33-28(39)40-29(2,3)4)16-26(38)35(20-9-10-20)15-25(37)32-13-18-6-5-7-23(30)27(18)31;1-14(34)19-11-32(21-8-5-15(9-18(19)21)25(37)30-31-28)13-23(36)33(17-6-7-17)12-22(35)29-10-16-3-2-4-20(26)24(16)27;1-4(2,3)5;/h5-8,11-12,14,20H,9-10,13,15-16H2,1-4H3,(H,32,37)(H,33,39);2-5,8-9,11,17H,6-7,10,12-13H2,1H3,(H,29,35);5H,1-3H3;1H4. The number of nitrogens with zero attached hydrogens (tertiary/aromatic N) is 7. The van der Waals surface area contributed by atoms with Gasteiger partial charge in [-0.1, -0.05) is 54.9 Å². The highest BCUT2D eigenvalue weighted by molar-refractivity contribution is 6.31. The summed E-state index contributed by atoms with van der Waals surface area (Å²) >= 11 is 11.6. The van der Waals surface area contributed by atoms with Crippen molar-refractivity contribution in [1.82, 2.24) is 29.6 Å². The molecule has 0 saturated heterocycles. The zero-order valence-corrected chi connectivity index (χ0v) is 48.1. The molecule has 24 heteroatoms. The highest BCUT2D eigenvalue weighted by atomic mass is 35.5. The summed E-state index contributed by atoms with van der Waals surface area (Å²) in [7, 11) is 0. The predicted octanol–water partition coefficient (Wildman–Crippen LogP) is 11.1. The number of hydrogen-bond donors (Lipinski definition) is 4. The van der Waals surface area contributed by atoms with Crippen LogP contribution in [0.2, 0.25) is 10.0 Å². The summed E-state index contributed by atoms with van der Waals surface area (Å²) < 4.78 is 36.8. The van der Waals surface area contributed by atoms with E-state index in [1.807, 2.05) is 0 Å². The molecule has 0 bridgehead atoms. The minimum Gasteiger partial charge on any atom is -0.444 e. The number of anilines is 1. The van der Waals surface area contributed by atoms with Crippen LogP contribution in [0.1, 0.15) is 131 Å². The number of benzene rings is 4. The van der Waals surface area contributed by atoms with Gasteiger partial charge in [-0.3, -0.25) is 38.9 Å².